The number of hydrogen-bond acceptors (Lipinski definition) is 6. The Kier molecular flexibility index (Phi) is 5.56. The maximum atomic E-state index is 12.9. The van der Waals surface area contributed by atoms with E-state index in [4.69, 9.17) is 4.98 Å². The number of aromatic amines is 1. The summed E-state index contributed by atoms with van der Waals surface area (Å²) in [5.74, 6) is 0.922. The number of hydrogen-bond donors (Lipinski definition) is 1. The molecule has 0 bridgehead atoms. The second kappa shape index (κ2) is 8.69. The lowest BCUT2D eigenvalue weighted by molar-refractivity contribution is 0.0987. The quantitative estimate of drug-likeness (QED) is 0.454. The van der Waals surface area contributed by atoms with E-state index < -0.39 is 11.2 Å². The average Bonchev–Trinajstić information content (AvgIpc) is 3.62. The molecule has 0 radical (unpaired) electrons. The number of amides is 1. The number of rotatable bonds is 7. The van der Waals surface area contributed by atoms with Crippen LogP contribution in [-0.4, -0.2) is 41.5 Å². The molecule has 1 aliphatic carbocycles. The van der Waals surface area contributed by atoms with Crippen molar-refractivity contribution in [2.75, 3.05) is 11.4 Å². The Bertz CT molecular complexity index is 1460. The van der Waals surface area contributed by atoms with Crippen molar-refractivity contribution in [1.29, 1.82) is 0 Å². The Hall–Kier alpha value is -4.08. The highest BCUT2D eigenvalue weighted by atomic mass is 16.2. The lowest BCUT2D eigenvalue weighted by Crippen LogP contribution is -2.31. The number of nitrogens with one attached hydrogen (secondary N) is 1. The fraction of sp³-hybridized carbons (Fsp3) is 0.333. The monoisotopic (exact) mass is 459 g/mol. The summed E-state index contributed by atoms with van der Waals surface area (Å²) >= 11 is 0. The average molecular weight is 460 g/mol. The molecule has 0 aliphatic heterocycles. The van der Waals surface area contributed by atoms with Crippen LogP contribution in [0.4, 0.5) is 5.82 Å². The van der Waals surface area contributed by atoms with E-state index in [0.717, 1.165) is 19.3 Å². The van der Waals surface area contributed by atoms with Gasteiger partial charge in [0.1, 0.15) is 11.6 Å². The normalized spacial score (nSPS) is 13.4. The number of aromatic nitrogens is 6. The van der Waals surface area contributed by atoms with E-state index in [1.54, 1.807) is 35.5 Å². The molecule has 1 fully saturated rings. The Morgan fingerprint density at radius 1 is 1.18 bits per heavy atom. The number of aryl methyl sites for hydroxylation is 1. The summed E-state index contributed by atoms with van der Waals surface area (Å²) in [4.78, 5) is 55.4. The third kappa shape index (κ3) is 3.70. The maximum Gasteiger partial charge on any atom is 0.330 e. The zero-order valence-corrected chi connectivity index (χ0v) is 19.1. The maximum absolute atomic E-state index is 12.9. The molecule has 10 nitrogen and oxygen atoms in total. The van der Waals surface area contributed by atoms with Gasteiger partial charge in [0.2, 0.25) is 0 Å². The Morgan fingerprint density at radius 2 is 2.00 bits per heavy atom. The number of H-pyrrole nitrogens is 1. The Labute approximate surface area is 194 Å². The fourth-order valence-corrected chi connectivity index (χ4v) is 4.20. The van der Waals surface area contributed by atoms with Gasteiger partial charge in [0.25, 0.3) is 11.5 Å². The molecule has 34 heavy (non-hydrogen) atoms. The summed E-state index contributed by atoms with van der Waals surface area (Å²) in [6, 6.07) is 7.22. The molecule has 10 heteroatoms. The molecule has 4 aromatic heterocycles. The minimum atomic E-state index is -0.452. The number of carbonyl (C=O) groups excluding carboxylic acids is 1. The lowest BCUT2D eigenvalue weighted by atomic mass is 10.2. The summed E-state index contributed by atoms with van der Waals surface area (Å²) in [7, 11) is 0. The third-order valence-electron chi connectivity index (χ3n) is 5.94. The van der Waals surface area contributed by atoms with Gasteiger partial charge in [-0.1, -0.05) is 6.92 Å². The highest BCUT2D eigenvalue weighted by Crippen LogP contribution is 2.40. The number of fused-ring (bicyclic) bond motifs is 1. The summed E-state index contributed by atoms with van der Waals surface area (Å²) in [5, 5.41) is 0. The van der Waals surface area contributed by atoms with Gasteiger partial charge >= 0.3 is 5.69 Å². The molecule has 0 aromatic carbocycles. The van der Waals surface area contributed by atoms with Crippen molar-refractivity contribution in [1.82, 2.24) is 29.1 Å². The predicted octanol–water partition coefficient (Wildman–Crippen LogP) is 2.75. The van der Waals surface area contributed by atoms with Gasteiger partial charge in [-0.2, -0.15) is 0 Å². The lowest BCUT2D eigenvalue weighted by Gasteiger charge is -2.20. The molecule has 4 heterocycles. The molecule has 5 rings (SSSR count). The van der Waals surface area contributed by atoms with Crippen LogP contribution >= 0.6 is 0 Å². The number of anilines is 1. The van der Waals surface area contributed by atoms with Gasteiger partial charge in [-0.05, 0) is 50.5 Å². The van der Waals surface area contributed by atoms with Crippen LogP contribution in [0.2, 0.25) is 0 Å². The number of imidazole rings is 1. The first-order chi connectivity index (χ1) is 16.5. The zero-order valence-electron chi connectivity index (χ0n) is 19.1. The summed E-state index contributed by atoms with van der Waals surface area (Å²) in [6.45, 7) is 4.76. The van der Waals surface area contributed by atoms with E-state index in [9.17, 15) is 14.4 Å². The molecule has 0 spiro atoms. The molecule has 1 saturated carbocycles. The van der Waals surface area contributed by atoms with E-state index in [1.807, 2.05) is 24.5 Å². The molecule has 0 saturated heterocycles. The second-order valence-electron chi connectivity index (χ2n) is 8.32. The van der Waals surface area contributed by atoms with Crippen LogP contribution < -0.4 is 16.1 Å². The smallest absolute Gasteiger partial charge is 0.315 e. The fourth-order valence-electron chi connectivity index (χ4n) is 4.20. The van der Waals surface area contributed by atoms with Crippen molar-refractivity contribution < 1.29 is 4.79 Å². The van der Waals surface area contributed by atoms with Crippen LogP contribution in [0, 0.1) is 0 Å². The van der Waals surface area contributed by atoms with Gasteiger partial charge < -0.3 is 4.57 Å². The molecule has 1 aliphatic rings. The van der Waals surface area contributed by atoms with Gasteiger partial charge in [0.15, 0.2) is 11.2 Å². The van der Waals surface area contributed by atoms with E-state index in [2.05, 4.69) is 15.0 Å². The highest BCUT2D eigenvalue weighted by Gasteiger charge is 2.31. The van der Waals surface area contributed by atoms with Gasteiger partial charge in [-0.15, -0.1) is 0 Å². The SMILES string of the molecule is CCCn1c(=O)[nH]c(=O)c2c1nc(-c1ccc(N(CC)C(=O)c3cccnc3)nc1)n2C1CC1. The molecule has 0 unspecified atom stereocenters. The van der Waals surface area contributed by atoms with Crippen molar-refractivity contribution in [2.45, 2.75) is 45.7 Å². The molecular formula is C24H25N7O3. The summed E-state index contributed by atoms with van der Waals surface area (Å²) < 4.78 is 3.45. The Balaban J connectivity index is 1.58. The van der Waals surface area contributed by atoms with Crippen molar-refractivity contribution in [3.8, 4) is 11.4 Å². The van der Waals surface area contributed by atoms with E-state index >= 15 is 0 Å². The van der Waals surface area contributed by atoms with Crippen molar-refractivity contribution in [3.05, 3.63) is 69.3 Å². The number of carbonyl (C=O) groups is 1. The van der Waals surface area contributed by atoms with Gasteiger partial charge in [-0.3, -0.25) is 29.0 Å². The number of nitrogens with zero attached hydrogens (tertiary/aromatic N) is 6. The van der Waals surface area contributed by atoms with Gasteiger partial charge in [-0.25, -0.2) is 14.8 Å². The first kappa shape index (κ1) is 21.7. The van der Waals surface area contributed by atoms with Crippen LogP contribution in [0.5, 0.6) is 0 Å². The van der Waals surface area contributed by atoms with Crippen molar-refractivity contribution in [2.24, 2.45) is 0 Å². The van der Waals surface area contributed by atoms with Gasteiger partial charge in [0.05, 0.1) is 5.56 Å². The largest absolute Gasteiger partial charge is 0.330 e. The molecule has 0 atom stereocenters. The first-order valence-electron chi connectivity index (χ1n) is 11.5. The van der Waals surface area contributed by atoms with E-state index in [1.165, 1.54) is 10.8 Å². The molecule has 174 valence electrons. The number of pyridine rings is 2. The summed E-state index contributed by atoms with van der Waals surface area (Å²) in [5.41, 5.74) is 1.12. The van der Waals surface area contributed by atoms with Gasteiger partial charge in [0, 0.05) is 43.3 Å². The first-order valence-corrected chi connectivity index (χ1v) is 11.5. The topological polar surface area (TPSA) is 119 Å². The Morgan fingerprint density at radius 3 is 2.62 bits per heavy atom. The molecule has 4 aromatic rings. The van der Waals surface area contributed by atoms with Crippen molar-refractivity contribution >= 4 is 22.9 Å². The third-order valence-corrected chi connectivity index (χ3v) is 5.94. The minimum Gasteiger partial charge on any atom is -0.315 e. The van der Waals surface area contributed by atoms with Crippen LogP contribution in [0.1, 0.15) is 49.5 Å². The van der Waals surface area contributed by atoms with Crippen molar-refractivity contribution in [3.63, 3.8) is 0 Å². The highest BCUT2D eigenvalue weighted by molar-refractivity contribution is 6.05. The van der Waals surface area contributed by atoms with Crippen LogP contribution in [-0.2, 0) is 6.54 Å². The zero-order chi connectivity index (χ0) is 23.8. The summed E-state index contributed by atoms with van der Waals surface area (Å²) in [6.07, 6.45) is 7.44. The van der Waals surface area contributed by atoms with Crippen LogP contribution in [0.25, 0.3) is 22.6 Å². The van der Waals surface area contributed by atoms with E-state index in [0.29, 0.717) is 47.0 Å². The molecule has 1 amide bonds. The standard InChI is InChI=1S/C24H25N7O3/c1-3-12-30-21-19(22(32)28-24(30)34)31(17-8-9-17)20(27-21)15-7-10-18(26-14-15)29(4-2)23(33)16-6-5-11-25-13-16/h5-7,10-11,13-14,17H,3-4,8-9,12H2,1-2H3,(H,28,32,34). The predicted molar refractivity (Wildman–Crippen MR) is 128 cm³/mol. The second-order valence-corrected chi connectivity index (χ2v) is 8.32. The molecular weight excluding hydrogens is 434 g/mol. The van der Waals surface area contributed by atoms with E-state index in [-0.39, 0.29) is 11.9 Å². The molecule has 1 N–H and O–H groups in total. The minimum absolute atomic E-state index is 0.160. The van der Waals surface area contributed by atoms with Crippen LogP contribution in [0.3, 0.4) is 0 Å². The van der Waals surface area contributed by atoms with Crippen LogP contribution in [0.15, 0.2) is 52.4 Å².